The summed E-state index contributed by atoms with van der Waals surface area (Å²) in [6.07, 6.45) is 7.01. The van der Waals surface area contributed by atoms with Crippen LogP contribution in [0, 0.1) is 0 Å². The summed E-state index contributed by atoms with van der Waals surface area (Å²) < 4.78 is 23.1. The Balaban J connectivity index is 1.54. The smallest absolute Gasteiger partial charge is 0.227 e. The first kappa shape index (κ1) is 15.5. The highest BCUT2D eigenvalue weighted by Gasteiger charge is 2.54. The van der Waals surface area contributed by atoms with Crippen molar-refractivity contribution in [3.05, 3.63) is 41.5 Å². The Morgan fingerprint density at radius 1 is 1.21 bits per heavy atom. The molecule has 0 atom stereocenters. The second-order valence-corrected chi connectivity index (χ2v) is 8.74. The first-order valence-corrected chi connectivity index (χ1v) is 9.86. The van der Waals surface area contributed by atoms with E-state index in [9.17, 15) is 8.42 Å². The Labute approximate surface area is 140 Å². The van der Waals surface area contributed by atoms with Gasteiger partial charge in [-0.25, -0.2) is 18.4 Å². The highest BCUT2D eigenvalue weighted by molar-refractivity contribution is 7.91. The standard InChI is InChI=1S/C16H19N5O2S/c1-24(22,23)16(5-6-16)14-3-2-12(9-18-14)20-15-19-8-11-4-7-17-10-13(11)21-15/h2-3,8-9,17H,4-7,10H2,1H3,(H,19,20,21). The fourth-order valence-corrected chi connectivity index (χ4v) is 4.44. The minimum atomic E-state index is -3.14. The Morgan fingerprint density at radius 3 is 2.71 bits per heavy atom. The van der Waals surface area contributed by atoms with Gasteiger partial charge < -0.3 is 10.6 Å². The molecule has 1 fully saturated rings. The normalized spacial score (nSPS) is 18.7. The molecular weight excluding hydrogens is 326 g/mol. The van der Waals surface area contributed by atoms with Crippen LogP contribution in [0.15, 0.2) is 24.5 Å². The Hall–Kier alpha value is -2.06. The van der Waals surface area contributed by atoms with Gasteiger partial charge in [-0.3, -0.25) is 4.98 Å². The van der Waals surface area contributed by atoms with E-state index in [0.717, 1.165) is 30.9 Å². The summed E-state index contributed by atoms with van der Waals surface area (Å²) in [5.74, 6) is 0.524. The molecule has 2 aromatic rings. The van der Waals surface area contributed by atoms with E-state index in [-0.39, 0.29) is 0 Å². The average molecular weight is 345 g/mol. The lowest BCUT2D eigenvalue weighted by Crippen LogP contribution is -2.25. The van der Waals surface area contributed by atoms with Gasteiger partial charge in [0.25, 0.3) is 0 Å². The number of nitrogens with zero attached hydrogens (tertiary/aromatic N) is 3. The SMILES string of the molecule is CS(=O)(=O)C1(c2ccc(Nc3ncc4c(n3)CNCC4)cn2)CC1. The zero-order chi connectivity index (χ0) is 16.8. The van der Waals surface area contributed by atoms with Gasteiger partial charge in [0.15, 0.2) is 9.84 Å². The molecule has 0 bridgehead atoms. The Kier molecular flexibility index (Phi) is 3.54. The molecule has 1 saturated carbocycles. The van der Waals surface area contributed by atoms with Gasteiger partial charge in [-0.05, 0) is 43.5 Å². The average Bonchev–Trinajstić information content (AvgIpc) is 3.37. The van der Waals surface area contributed by atoms with Crippen molar-refractivity contribution in [3.63, 3.8) is 0 Å². The van der Waals surface area contributed by atoms with Gasteiger partial charge in [0, 0.05) is 19.0 Å². The van der Waals surface area contributed by atoms with Gasteiger partial charge in [-0.1, -0.05) is 0 Å². The second kappa shape index (κ2) is 5.49. The predicted molar refractivity (Wildman–Crippen MR) is 90.7 cm³/mol. The van der Waals surface area contributed by atoms with Crippen molar-refractivity contribution in [3.8, 4) is 0 Å². The lowest BCUT2D eigenvalue weighted by atomic mass is 10.1. The minimum absolute atomic E-state index is 0.524. The summed E-state index contributed by atoms with van der Waals surface area (Å²) in [6.45, 7) is 1.71. The molecule has 126 valence electrons. The molecule has 3 heterocycles. The molecule has 2 N–H and O–H groups in total. The molecule has 0 aromatic carbocycles. The zero-order valence-electron chi connectivity index (χ0n) is 13.4. The fraction of sp³-hybridized carbons (Fsp3) is 0.438. The number of aromatic nitrogens is 3. The highest BCUT2D eigenvalue weighted by Crippen LogP contribution is 2.51. The summed E-state index contributed by atoms with van der Waals surface area (Å²) >= 11 is 0. The number of pyridine rings is 1. The van der Waals surface area contributed by atoms with Gasteiger partial charge in [0.2, 0.25) is 5.95 Å². The first-order chi connectivity index (χ1) is 11.5. The molecular formula is C16H19N5O2S. The van der Waals surface area contributed by atoms with E-state index in [1.165, 1.54) is 11.8 Å². The van der Waals surface area contributed by atoms with E-state index >= 15 is 0 Å². The van der Waals surface area contributed by atoms with Crippen LogP contribution < -0.4 is 10.6 Å². The summed E-state index contributed by atoms with van der Waals surface area (Å²) in [6, 6.07) is 3.60. The van der Waals surface area contributed by atoms with Crippen molar-refractivity contribution in [1.29, 1.82) is 0 Å². The largest absolute Gasteiger partial charge is 0.323 e. The van der Waals surface area contributed by atoms with Crippen LogP contribution in [0.2, 0.25) is 0 Å². The molecule has 0 amide bonds. The van der Waals surface area contributed by atoms with Crippen LogP contribution in [-0.2, 0) is 27.5 Å². The third kappa shape index (κ3) is 2.65. The maximum Gasteiger partial charge on any atom is 0.227 e. The first-order valence-electron chi connectivity index (χ1n) is 7.97. The maximum atomic E-state index is 11.9. The van der Waals surface area contributed by atoms with Gasteiger partial charge >= 0.3 is 0 Å². The van der Waals surface area contributed by atoms with Crippen LogP contribution in [0.25, 0.3) is 0 Å². The van der Waals surface area contributed by atoms with Gasteiger partial charge in [-0.15, -0.1) is 0 Å². The lowest BCUT2D eigenvalue weighted by molar-refractivity contribution is 0.584. The van der Waals surface area contributed by atoms with Crippen molar-refractivity contribution < 1.29 is 8.42 Å². The third-order valence-corrected chi connectivity index (χ3v) is 6.76. The minimum Gasteiger partial charge on any atom is -0.323 e. The van der Waals surface area contributed by atoms with Crippen molar-refractivity contribution in [2.75, 3.05) is 18.1 Å². The quantitative estimate of drug-likeness (QED) is 0.862. The van der Waals surface area contributed by atoms with Gasteiger partial charge in [0.1, 0.15) is 4.75 Å². The second-order valence-electron chi connectivity index (χ2n) is 6.42. The molecule has 0 unspecified atom stereocenters. The van der Waals surface area contributed by atoms with Crippen molar-refractivity contribution in [2.45, 2.75) is 30.6 Å². The fourth-order valence-electron chi connectivity index (χ4n) is 3.09. The van der Waals surface area contributed by atoms with E-state index in [1.807, 2.05) is 12.3 Å². The van der Waals surface area contributed by atoms with E-state index in [1.54, 1.807) is 12.3 Å². The molecule has 1 aliphatic carbocycles. The molecule has 8 heteroatoms. The Morgan fingerprint density at radius 2 is 2.04 bits per heavy atom. The third-order valence-electron chi connectivity index (χ3n) is 4.72. The van der Waals surface area contributed by atoms with Crippen LogP contribution in [0.5, 0.6) is 0 Å². The van der Waals surface area contributed by atoms with Crippen LogP contribution in [0.3, 0.4) is 0 Å². The van der Waals surface area contributed by atoms with E-state index in [4.69, 9.17) is 0 Å². The molecule has 2 aliphatic rings. The number of fused-ring (bicyclic) bond motifs is 1. The topological polar surface area (TPSA) is 96.9 Å². The summed E-state index contributed by atoms with van der Waals surface area (Å²) in [5, 5.41) is 6.42. The Bertz CT molecular complexity index is 876. The molecule has 2 aromatic heterocycles. The zero-order valence-corrected chi connectivity index (χ0v) is 14.2. The summed E-state index contributed by atoms with van der Waals surface area (Å²) in [4.78, 5) is 13.2. The maximum absolute atomic E-state index is 11.9. The molecule has 7 nitrogen and oxygen atoms in total. The van der Waals surface area contributed by atoms with Crippen LogP contribution in [0.4, 0.5) is 11.6 Å². The van der Waals surface area contributed by atoms with E-state index < -0.39 is 14.6 Å². The number of anilines is 2. The van der Waals surface area contributed by atoms with Gasteiger partial charge in [-0.2, -0.15) is 0 Å². The number of rotatable bonds is 4. The molecule has 4 rings (SSSR count). The predicted octanol–water partition coefficient (Wildman–Crippen LogP) is 1.29. The summed E-state index contributed by atoms with van der Waals surface area (Å²) in [7, 11) is -3.14. The number of hydrogen-bond donors (Lipinski definition) is 2. The molecule has 0 saturated heterocycles. The van der Waals surface area contributed by atoms with Crippen LogP contribution in [-0.4, -0.2) is 36.2 Å². The highest BCUT2D eigenvalue weighted by atomic mass is 32.2. The van der Waals surface area contributed by atoms with Gasteiger partial charge in [0.05, 0.1) is 23.3 Å². The van der Waals surface area contributed by atoms with E-state index in [0.29, 0.717) is 24.5 Å². The molecule has 0 spiro atoms. The molecule has 1 aliphatic heterocycles. The lowest BCUT2D eigenvalue weighted by Gasteiger charge is -2.16. The van der Waals surface area contributed by atoms with Crippen molar-refractivity contribution in [2.24, 2.45) is 0 Å². The number of sulfone groups is 1. The number of hydrogen-bond acceptors (Lipinski definition) is 7. The monoisotopic (exact) mass is 345 g/mol. The molecule has 24 heavy (non-hydrogen) atoms. The van der Waals surface area contributed by atoms with Crippen molar-refractivity contribution >= 4 is 21.5 Å². The van der Waals surface area contributed by atoms with Crippen molar-refractivity contribution in [1.82, 2.24) is 20.3 Å². The molecule has 0 radical (unpaired) electrons. The summed E-state index contributed by atoms with van der Waals surface area (Å²) in [5.41, 5.74) is 3.55. The van der Waals surface area contributed by atoms with Crippen LogP contribution in [0.1, 0.15) is 29.8 Å². The van der Waals surface area contributed by atoms with Crippen LogP contribution >= 0.6 is 0 Å². The van der Waals surface area contributed by atoms with E-state index in [2.05, 4.69) is 25.6 Å². The number of nitrogens with one attached hydrogen (secondary N) is 2.